The van der Waals surface area contributed by atoms with Crippen LogP contribution in [0, 0.1) is 0 Å². The van der Waals surface area contributed by atoms with Crippen LogP contribution in [-0.4, -0.2) is 30.6 Å². The van der Waals surface area contributed by atoms with Gasteiger partial charge in [0, 0.05) is 18.5 Å². The van der Waals surface area contributed by atoms with E-state index in [0.717, 1.165) is 18.7 Å². The van der Waals surface area contributed by atoms with Crippen molar-refractivity contribution in [1.82, 2.24) is 4.90 Å². The average molecular weight is 233 g/mol. The normalized spacial score (nSPS) is 25.1. The quantitative estimate of drug-likeness (QED) is 0.732. The number of benzene rings is 1. The molecule has 0 N–H and O–H groups in total. The van der Waals surface area contributed by atoms with E-state index in [1.54, 1.807) is 0 Å². The lowest BCUT2D eigenvalue weighted by molar-refractivity contribution is -0.257. The van der Waals surface area contributed by atoms with Crippen LogP contribution in [0.4, 0.5) is 0 Å². The monoisotopic (exact) mass is 233 g/mol. The van der Waals surface area contributed by atoms with E-state index >= 15 is 0 Å². The van der Waals surface area contributed by atoms with Gasteiger partial charge < -0.3 is 9.79 Å². The fourth-order valence-corrected chi connectivity index (χ4v) is 2.68. The van der Waals surface area contributed by atoms with Gasteiger partial charge in [-0.3, -0.25) is 0 Å². The number of para-hydroxylation sites is 1. The fourth-order valence-electron chi connectivity index (χ4n) is 2.68. The van der Waals surface area contributed by atoms with E-state index in [9.17, 15) is 0 Å². The van der Waals surface area contributed by atoms with Gasteiger partial charge in [0.1, 0.15) is 6.10 Å². The third kappa shape index (κ3) is 2.61. The molecule has 2 aliphatic heterocycles. The zero-order valence-electron chi connectivity index (χ0n) is 10.1. The van der Waals surface area contributed by atoms with Crippen molar-refractivity contribution in [1.29, 1.82) is 0 Å². The lowest BCUT2D eigenvalue weighted by Gasteiger charge is -2.31. The van der Waals surface area contributed by atoms with Crippen LogP contribution >= 0.6 is 0 Å². The minimum Gasteiger partial charge on any atom is -0.337 e. The van der Waals surface area contributed by atoms with Crippen molar-refractivity contribution in [3.8, 4) is 5.75 Å². The van der Waals surface area contributed by atoms with Gasteiger partial charge in [-0.05, 0) is 32.0 Å². The number of rotatable bonds is 2. The first-order valence-corrected chi connectivity index (χ1v) is 6.55. The minimum absolute atomic E-state index is 0.183. The molecule has 17 heavy (non-hydrogen) atoms. The van der Waals surface area contributed by atoms with Crippen molar-refractivity contribution >= 4 is 0 Å². The summed E-state index contributed by atoms with van der Waals surface area (Å²) in [6.45, 7) is 3.41. The molecule has 1 aromatic rings. The molecule has 0 amide bonds. The molecule has 2 heterocycles. The van der Waals surface area contributed by atoms with E-state index < -0.39 is 0 Å². The van der Waals surface area contributed by atoms with Crippen LogP contribution < -0.4 is 4.89 Å². The van der Waals surface area contributed by atoms with Crippen LogP contribution in [0.1, 0.15) is 24.8 Å². The molecule has 2 aliphatic rings. The van der Waals surface area contributed by atoms with Crippen molar-refractivity contribution < 1.29 is 9.78 Å². The van der Waals surface area contributed by atoms with Gasteiger partial charge >= 0.3 is 0 Å². The lowest BCUT2D eigenvalue weighted by atomic mass is 10.0. The molecule has 0 saturated carbocycles. The summed E-state index contributed by atoms with van der Waals surface area (Å²) in [5.41, 5.74) is 1.26. The maximum absolute atomic E-state index is 5.47. The second kappa shape index (κ2) is 5.07. The summed E-state index contributed by atoms with van der Waals surface area (Å²) in [7, 11) is 0. The number of likely N-dealkylation sites (tertiary alicyclic amines) is 1. The maximum atomic E-state index is 5.47. The van der Waals surface area contributed by atoms with Gasteiger partial charge in [0.25, 0.3) is 0 Å². The number of fused-ring (bicyclic) bond motifs is 1. The number of hydrogen-bond donors (Lipinski definition) is 0. The Morgan fingerprint density at radius 3 is 2.82 bits per heavy atom. The largest absolute Gasteiger partial charge is 0.337 e. The Morgan fingerprint density at radius 2 is 1.94 bits per heavy atom. The van der Waals surface area contributed by atoms with E-state index in [0.29, 0.717) is 0 Å². The van der Waals surface area contributed by atoms with Gasteiger partial charge in [-0.15, -0.1) is 0 Å². The minimum atomic E-state index is 0.183. The van der Waals surface area contributed by atoms with E-state index in [2.05, 4.69) is 17.0 Å². The Labute approximate surface area is 102 Å². The smallest absolute Gasteiger partial charge is 0.168 e. The summed E-state index contributed by atoms with van der Waals surface area (Å²) >= 11 is 0. The van der Waals surface area contributed by atoms with Crippen molar-refractivity contribution in [3.63, 3.8) is 0 Å². The molecule has 0 bridgehead atoms. The molecule has 1 unspecified atom stereocenters. The molecule has 1 atom stereocenters. The summed E-state index contributed by atoms with van der Waals surface area (Å²) in [4.78, 5) is 13.3. The highest BCUT2D eigenvalue weighted by Crippen LogP contribution is 2.26. The SMILES string of the molecule is c1ccc2c(c1)CC(CN1CCCCC1)OO2. The topological polar surface area (TPSA) is 21.7 Å². The highest BCUT2D eigenvalue weighted by Gasteiger charge is 2.24. The average Bonchev–Trinajstić information content (AvgIpc) is 2.40. The zero-order valence-corrected chi connectivity index (χ0v) is 10.1. The Hall–Kier alpha value is -1.06. The van der Waals surface area contributed by atoms with Crippen molar-refractivity contribution in [2.45, 2.75) is 31.8 Å². The van der Waals surface area contributed by atoms with Crippen molar-refractivity contribution in [2.75, 3.05) is 19.6 Å². The molecular formula is C14H19NO2. The maximum Gasteiger partial charge on any atom is 0.168 e. The Kier molecular flexibility index (Phi) is 3.29. The molecule has 1 fully saturated rings. The predicted molar refractivity (Wildman–Crippen MR) is 65.9 cm³/mol. The van der Waals surface area contributed by atoms with Gasteiger partial charge in [-0.25, -0.2) is 0 Å². The number of nitrogens with zero attached hydrogens (tertiary/aromatic N) is 1. The second-order valence-corrected chi connectivity index (χ2v) is 4.97. The summed E-state index contributed by atoms with van der Waals surface area (Å²) in [5, 5.41) is 0. The Balaban J connectivity index is 1.60. The highest BCUT2D eigenvalue weighted by molar-refractivity contribution is 5.34. The van der Waals surface area contributed by atoms with Gasteiger partial charge in [0.15, 0.2) is 5.75 Å². The van der Waals surface area contributed by atoms with E-state index in [4.69, 9.17) is 9.78 Å². The number of hydrogen-bond acceptors (Lipinski definition) is 3. The first-order valence-electron chi connectivity index (χ1n) is 6.55. The van der Waals surface area contributed by atoms with Crippen LogP contribution in [0.3, 0.4) is 0 Å². The number of piperidine rings is 1. The van der Waals surface area contributed by atoms with Crippen molar-refractivity contribution in [2.24, 2.45) is 0 Å². The third-order valence-electron chi connectivity index (χ3n) is 3.60. The molecule has 0 aromatic heterocycles. The summed E-state index contributed by atoms with van der Waals surface area (Å²) in [5.74, 6) is 0.877. The summed E-state index contributed by atoms with van der Waals surface area (Å²) in [6, 6.07) is 8.13. The van der Waals surface area contributed by atoms with Gasteiger partial charge in [-0.2, -0.15) is 4.89 Å². The molecule has 0 aliphatic carbocycles. The van der Waals surface area contributed by atoms with Gasteiger partial charge in [0.05, 0.1) is 0 Å². The van der Waals surface area contributed by atoms with Crippen LogP contribution in [-0.2, 0) is 11.3 Å². The standard InChI is InChI=1S/C14H19NO2/c1-4-8-15(9-5-1)11-13-10-12-6-2-3-7-14(12)17-16-13/h2-3,6-7,13H,1,4-5,8-11H2. The van der Waals surface area contributed by atoms with Crippen molar-refractivity contribution in [3.05, 3.63) is 29.8 Å². The van der Waals surface area contributed by atoms with Gasteiger partial charge in [-0.1, -0.05) is 24.6 Å². The second-order valence-electron chi connectivity index (χ2n) is 4.97. The summed E-state index contributed by atoms with van der Waals surface area (Å²) < 4.78 is 0. The van der Waals surface area contributed by atoms with Crippen LogP contribution in [0.2, 0.25) is 0 Å². The van der Waals surface area contributed by atoms with Crippen LogP contribution in [0.15, 0.2) is 24.3 Å². The van der Waals surface area contributed by atoms with Crippen LogP contribution in [0.25, 0.3) is 0 Å². The predicted octanol–water partition coefficient (Wildman–Crippen LogP) is 2.41. The zero-order chi connectivity index (χ0) is 11.5. The molecule has 92 valence electrons. The van der Waals surface area contributed by atoms with E-state index in [1.165, 1.54) is 37.9 Å². The Morgan fingerprint density at radius 1 is 1.12 bits per heavy atom. The Bertz CT molecular complexity index is 374. The highest BCUT2D eigenvalue weighted by atomic mass is 17.2. The molecule has 0 spiro atoms. The first kappa shape index (κ1) is 11.1. The molecule has 3 nitrogen and oxygen atoms in total. The summed E-state index contributed by atoms with van der Waals surface area (Å²) in [6.07, 6.45) is 5.17. The van der Waals surface area contributed by atoms with E-state index in [1.807, 2.05) is 12.1 Å². The molecule has 0 radical (unpaired) electrons. The van der Waals surface area contributed by atoms with Gasteiger partial charge in [0.2, 0.25) is 0 Å². The third-order valence-corrected chi connectivity index (χ3v) is 3.60. The fraction of sp³-hybridized carbons (Fsp3) is 0.571. The molecule has 3 rings (SSSR count). The molecule has 1 aromatic carbocycles. The van der Waals surface area contributed by atoms with E-state index in [-0.39, 0.29) is 6.10 Å². The first-order chi connectivity index (χ1) is 8.42. The molecular weight excluding hydrogens is 214 g/mol. The van der Waals surface area contributed by atoms with Crippen LogP contribution in [0.5, 0.6) is 5.75 Å². The molecule has 3 heteroatoms. The molecule has 1 saturated heterocycles. The lowest BCUT2D eigenvalue weighted by Crippen LogP contribution is -2.40.